The molecule has 1 aromatic heterocycles. The van der Waals surface area contributed by atoms with Gasteiger partial charge in [-0.2, -0.15) is 0 Å². The van der Waals surface area contributed by atoms with E-state index >= 15 is 0 Å². The van der Waals surface area contributed by atoms with Crippen molar-refractivity contribution in [1.82, 2.24) is 20.5 Å². The van der Waals surface area contributed by atoms with Crippen molar-refractivity contribution >= 4 is 29.1 Å². The number of β-amino-alcohol motifs (C(OH)–C–C–N with tert-alkyl or cyclic N) is 1. The molecule has 2 aromatic rings. The molecule has 3 amide bonds. The second kappa shape index (κ2) is 13.7. The van der Waals surface area contributed by atoms with Crippen molar-refractivity contribution in [2.24, 2.45) is 5.41 Å². The van der Waals surface area contributed by atoms with Crippen LogP contribution in [0.5, 0.6) is 5.75 Å². The molecular formula is C30H41FN4O7S. The number of rotatable bonds is 13. The van der Waals surface area contributed by atoms with Gasteiger partial charge < -0.3 is 35.2 Å². The number of alkyl halides is 1. The van der Waals surface area contributed by atoms with E-state index in [4.69, 9.17) is 14.6 Å². The van der Waals surface area contributed by atoms with Gasteiger partial charge in [-0.1, -0.05) is 32.9 Å². The molecule has 0 spiro atoms. The number of thiazole rings is 1. The molecule has 2 fully saturated rings. The molecule has 2 unspecified atom stereocenters. The third-order valence-electron chi connectivity index (χ3n) is 7.60. The van der Waals surface area contributed by atoms with Crippen molar-refractivity contribution in [3.8, 4) is 16.2 Å². The maximum atomic E-state index is 14.4. The minimum absolute atomic E-state index is 0.0323. The lowest BCUT2D eigenvalue weighted by molar-refractivity contribution is -0.145. The molecule has 2 heterocycles. The molecule has 4 rings (SSSR count). The van der Waals surface area contributed by atoms with E-state index in [0.29, 0.717) is 11.3 Å². The predicted octanol–water partition coefficient (Wildman–Crippen LogP) is 2.12. The number of aliphatic hydroxyl groups excluding tert-OH is 2. The van der Waals surface area contributed by atoms with Crippen LogP contribution in [0.15, 0.2) is 23.7 Å². The summed E-state index contributed by atoms with van der Waals surface area (Å²) in [4.78, 5) is 46.2. The molecule has 0 bridgehead atoms. The maximum Gasteiger partial charge on any atom is 0.258 e. The Bertz CT molecular complexity index is 1310. The number of nitrogens with one attached hydrogen (secondary N) is 2. The van der Waals surface area contributed by atoms with Crippen molar-refractivity contribution in [3.63, 3.8) is 0 Å². The Morgan fingerprint density at radius 2 is 1.98 bits per heavy atom. The number of halogens is 1. The number of carbonyl (C=O) groups excluding carboxylic acids is 3. The van der Waals surface area contributed by atoms with Gasteiger partial charge >= 0.3 is 0 Å². The molecule has 2 aliphatic rings. The minimum atomic E-state index is -1.95. The summed E-state index contributed by atoms with van der Waals surface area (Å²) in [5.74, 6) is -1.30. The Morgan fingerprint density at radius 1 is 1.23 bits per heavy atom. The lowest BCUT2D eigenvalue weighted by Gasteiger charge is -2.35. The van der Waals surface area contributed by atoms with Crippen LogP contribution in [0.4, 0.5) is 4.39 Å². The van der Waals surface area contributed by atoms with Crippen molar-refractivity contribution in [2.75, 3.05) is 33.0 Å². The summed E-state index contributed by atoms with van der Waals surface area (Å²) in [6.07, 6.45) is -0.663. The number of carbonyl (C=O) groups is 3. The summed E-state index contributed by atoms with van der Waals surface area (Å²) in [5.41, 5.74) is 1.53. The van der Waals surface area contributed by atoms with Crippen LogP contribution < -0.4 is 15.4 Å². The Morgan fingerprint density at radius 3 is 2.60 bits per heavy atom. The van der Waals surface area contributed by atoms with Crippen LogP contribution in [0.1, 0.15) is 51.3 Å². The van der Waals surface area contributed by atoms with E-state index < -0.39 is 47.0 Å². The average molecular weight is 621 g/mol. The van der Waals surface area contributed by atoms with Crippen molar-refractivity contribution < 1.29 is 38.5 Å². The largest absolute Gasteiger partial charge is 0.491 e. The molecule has 0 radical (unpaired) electrons. The van der Waals surface area contributed by atoms with Crippen LogP contribution in [0.25, 0.3) is 10.4 Å². The van der Waals surface area contributed by atoms with Crippen LogP contribution in [-0.2, 0) is 25.7 Å². The van der Waals surface area contributed by atoms with E-state index in [2.05, 4.69) is 15.6 Å². The number of benzene rings is 1. The van der Waals surface area contributed by atoms with Gasteiger partial charge in [-0.05, 0) is 36.8 Å². The van der Waals surface area contributed by atoms with E-state index in [9.17, 15) is 23.9 Å². The lowest BCUT2D eigenvalue weighted by Crippen LogP contribution is -2.59. The van der Waals surface area contributed by atoms with E-state index in [-0.39, 0.29) is 58.8 Å². The van der Waals surface area contributed by atoms with Crippen LogP contribution in [-0.4, -0.2) is 94.6 Å². The Labute approximate surface area is 254 Å². The first kappa shape index (κ1) is 32.8. The molecule has 11 nitrogen and oxygen atoms in total. The van der Waals surface area contributed by atoms with Crippen molar-refractivity contribution in [3.05, 3.63) is 35.0 Å². The highest BCUT2D eigenvalue weighted by Crippen LogP contribution is 2.40. The number of nitrogens with zero attached hydrogens (tertiary/aromatic N) is 2. The van der Waals surface area contributed by atoms with Crippen LogP contribution in [0.2, 0.25) is 0 Å². The van der Waals surface area contributed by atoms with Crippen LogP contribution in [0, 0.1) is 12.3 Å². The fraction of sp³-hybridized carbons (Fsp3) is 0.600. The second-order valence-corrected chi connectivity index (χ2v) is 13.0. The predicted molar refractivity (Wildman–Crippen MR) is 158 cm³/mol. The number of ether oxygens (including phenoxy) is 2. The first-order valence-electron chi connectivity index (χ1n) is 14.4. The van der Waals surface area contributed by atoms with Crippen molar-refractivity contribution in [2.45, 2.75) is 77.4 Å². The van der Waals surface area contributed by atoms with Crippen LogP contribution >= 0.6 is 11.3 Å². The number of likely N-dealkylation sites (tertiary alicyclic amines) is 1. The van der Waals surface area contributed by atoms with Gasteiger partial charge in [-0.3, -0.25) is 14.4 Å². The number of aromatic nitrogens is 1. The lowest BCUT2D eigenvalue weighted by atomic mass is 9.85. The van der Waals surface area contributed by atoms with Gasteiger partial charge in [-0.25, -0.2) is 9.37 Å². The summed E-state index contributed by atoms with van der Waals surface area (Å²) in [5, 5.41) is 24.8. The molecule has 1 aromatic carbocycles. The summed E-state index contributed by atoms with van der Waals surface area (Å²) < 4.78 is 25.7. The average Bonchev–Trinajstić information content (AvgIpc) is 3.37. The molecule has 13 heteroatoms. The van der Waals surface area contributed by atoms with Gasteiger partial charge in [0.1, 0.15) is 24.4 Å². The third-order valence-corrected chi connectivity index (χ3v) is 8.58. The molecular weight excluding hydrogens is 579 g/mol. The summed E-state index contributed by atoms with van der Waals surface area (Å²) >= 11 is 1.51. The molecule has 1 saturated heterocycles. The Balaban J connectivity index is 1.47. The number of aryl methyl sites for hydroxylation is 1. The van der Waals surface area contributed by atoms with Crippen LogP contribution in [0.3, 0.4) is 0 Å². The van der Waals surface area contributed by atoms with Gasteiger partial charge in [0.15, 0.2) is 5.67 Å². The molecule has 1 saturated carbocycles. The summed E-state index contributed by atoms with van der Waals surface area (Å²) in [7, 11) is 0. The Kier molecular flexibility index (Phi) is 10.4. The molecule has 3 atom stereocenters. The zero-order valence-electron chi connectivity index (χ0n) is 25.0. The first-order chi connectivity index (χ1) is 20.3. The topological polar surface area (TPSA) is 150 Å². The molecule has 1 aliphatic carbocycles. The molecule has 43 heavy (non-hydrogen) atoms. The quantitative estimate of drug-likeness (QED) is 0.249. The van der Waals surface area contributed by atoms with Crippen molar-refractivity contribution in [1.29, 1.82) is 0 Å². The summed E-state index contributed by atoms with van der Waals surface area (Å²) in [6.45, 7) is 7.79. The van der Waals surface area contributed by atoms with Gasteiger partial charge in [-0.15, -0.1) is 11.3 Å². The number of hydrogen-bond acceptors (Lipinski definition) is 9. The zero-order chi connectivity index (χ0) is 31.4. The number of hydrogen-bond donors (Lipinski definition) is 4. The monoisotopic (exact) mass is 620 g/mol. The van der Waals surface area contributed by atoms with Gasteiger partial charge in [0.25, 0.3) is 5.91 Å². The Hall–Kier alpha value is -3.13. The zero-order valence-corrected chi connectivity index (χ0v) is 25.8. The number of aliphatic hydroxyl groups is 2. The standard InChI is InChI=1S/C30H41FN4O7S/c1-18-24(43-17-33-18)19-5-6-20(23(13-19)42-12-11-41-10-9-36)15-32-26(38)22-14-21(37)16-35(22)27(39)25(29(2,3)4)34-28(40)30(31)7-8-30/h5-6,13,17,21-22,25,36-37H,7-12,14-16H2,1-4H3,(H,32,38)(H,34,40)/t21?,22?,25-/m1/s1. The first-order valence-corrected chi connectivity index (χ1v) is 15.3. The normalized spacial score (nSPS) is 20.0. The van der Waals surface area contributed by atoms with Gasteiger partial charge in [0.2, 0.25) is 11.8 Å². The fourth-order valence-electron chi connectivity index (χ4n) is 4.95. The highest BCUT2D eigenvalue weighted by atomic mass is 32.1. The van der Waals surface area contributed by atoms with E-state index in [0.717, 1.165) is 16.1 Å². The SMILES string of the molecule is Cc1ncsc1-c1ccc(CNC(=O)C2CC(O)CN2C(=O)[C@@H](NC(=O)C2(F)CC2)C(C)(C)C)c(OCCOCCO)c1. The van der Waals surface area contributed by atoms with E-state index in [1.165, 1.54) is 16.2 Å². The smallest absolute Gasteiger partial charge is 0.258 e. The maximum absolute atomic E-state index is 14.4. The molecule has 4 N–H and O–H groups in total. The second-order valence-electron chi connectivity index (χ2n) is 12.1. The summed E-state index contributed by atoms with van der Waals surface area (Å²) in [6, 6.07) is 3.59. The van der Waals surface area contributed by atoms with Gasteiger partial charge in [0, 0.05) is 25.1 Å². The minimum Gasteiger partial charge on any atom is -0.491 e. The number of amides is 3. The van der Waals surface area contributed by atoms with Gasteiger partial charge in [0.05, 0.1) is 42.0 Å². The highest BCUT2D eigenvalue weighted by molar-refractivity contribution is 7.13. The molecule has 1 aliphatic heterocycles. The van der Waals surface area contributed by atoms with E-state index in [1.54, 1.807) is 26.3 Å². The molecule has 236 valence electrons. The van der Waals surface area contributed by atoms with E-state index in [1.807, 2.05) is 25.1 Å². The fourth-order valence-corrected chi connectivity index (χ4v) is 5.75. The third kappa shape index (κ3) is 8.08. The highest BCUT2D eigenvalue weighted by Gasteiger charge is 2.53.